The Bertz CT molecular complexity index is 624. The van der Waals surface area contributed by atoms with Gasteiger partial charge in [-0.2, -0.15) is 0 Å². The number of likely N-dealkylation sites (N-methyl/N-ethyl adjacent to an activating group) is 1. The maximum Gasteiger partial charge on any atom is 0.290 e. The van der Waals surface area contributed by atoms with Gasteiger partial charge in [0.2, 0.25) is 0 Å². The van der Waals surface area contributed by atoms with Crippen LogP contribution in [0.25, 0.3) is 0 Å². The second-order valence-electron chi connectivity index (χ2n) is 6.35. The van der Waals surface area contributed by atoms with Gasteiger partial charge >= 0.3 is 0 Å². The highest BCUT2D eigenvalue weighted by atomic mass is 16.5. The molecule has 1 aromatic carbocycles. The van der Waals surface area contributed by atoms with Crippen LogP contribution < -0.4 is 9.47 Å². The van der Waals surface area contributed by atoms with Gasteiger partial charge in [0.05, 0.1) is 39.0 Å². The van der Waals surface area contributed by atoms with Crippen molar-refractivity contribution in [2.75, 3.05) is 54.1 Å². The van der Waals surface area contributed by atoms with E-state index in [1.165, 1.54) is 0 Å². The van der Waals surface area contributed by atoms with Gasteiger partial charge in [0.1, 0.15) is 0 Å². The molecule has 1 aromatic rings. The van der Waals surface area contributed by atoms with Gasteiger partial charge in [0, 0.05) is 25.6 Å². The van der Waals surface area contributed by atoms with E-state index >= 15 is 0 Å². The molecule has 2 aliphatic rings. The molecule has 2 heterocycles. The van der Waals surface area contributed by atoms with Crippen molar-refractivity contribution < 1.29 is 28.9 Å². The number of amides is 1. The van der Waals surface area contributed by atoms with Crippen molar-refractivity contribution in [3.8, 4) is 11.5 Å². The second kappa shape index (κ2) is 9.40. The number of fused-ring (bicyclic) bond motifs is 3. The van der Waals surface area contributed by atoms with Crippen molar-refractivity contribution in [1.82, 2.24) is 9.80 Å². The fourth-order valence-corrected chi connectivity index (χ4v) is 3.44. The highest BCUT2D eigenvalue weighted by molar-refractivity contribution is 5.98. The van der Waals surface area contributed by atoms with Gasteiger partial charge in [-0.15, -0.1) is 0 Å². The van der Waals surface area contributed by atoms with Gasteiger partial charge in [0.25, 0.3) is 12.4 Å². The summed E-state index contributed by atoms with van der Waals surface area (Å²) in [5.41, 5.74) is 0.551. The molecule has 0 radical (unpaired) electrons. The fraction of sp³-hybridized carbons (Fsp3) is 0.556. The SMILES string of the molecule is COc1cccc(C(=O)N2C[C@@H]3COC[C@H](C2)N(C)C3)c1OC.O=CO. The largest absolute Gasteiger partial charge is 0.493 e. The van der Waals surface area contributed by atoms with Gasteiger partial charge in [-0.1, -0.05) is 6.07 Å². The third-order valence-corrected chi connectivity index (χ3v) is 4.66. The lowest BCUT2D eigenvalue weighted by Crippen LogP contribution is -2.44. The van der Waals surface area contributed by atoms with Gasteiger partial charge in [-0.3, -0.25) is 14.5 Å². The molecule has 2 atom stereocenters. The molecular formula is C18H26N2O6. The number of ether oxygens (including phenoxy) is 3. The number of para-hydroxylation sites is 1. The molecule has 1 N–H and O–H groups in total. The van der Waals surface area contributed by atoms with Crippen LogP contribution >= 0.6 is 0 Å². The first-order valence-electron chi connectivity index (χ1n) is 8.41. The predicted octanol–water partition coefficient (Wildman–Crippen LogP) is 0.807. The van der Waals surface area contributed by atoms with Crippen LogP contribution in [0, 0.1) is 5.92 Å². The van der Waals surface area contributed by atoms with Crippen molar-refractivity contribution in [2.24, 2.45) is 5.92 Å². The van der Waals surface area contributed by atoms with E-state index in [4.69, 9.17) is 24.1 Å². The lowest BCUT2D eigenvalue weighted by atomic mass is 10.1. The molecule has 8 nitrogen and oxygen atoms in total. The zero-order chi connectivity index (χ0) is 19.1. The van der Waals surface area contributed by atoms with E-state index < -0.39 is 0 Å². The van der Waals surface area contributed by atoms with Gasteiger partial charge in [-0.25, -0.2) is 0 Å². The molecule has 0 saturated carbocycles. The summed E-state index contributed by atoms with van der Waals surface area (Å²) in [5.74, 6) is 1.41. The number of rotatable bonds is 3. The Kier molecular flexibility index (Phi) is 7.23. The summed E-state index contributed by atoms with van der Waals surface area (Å²) >= 11 is 0. The van der Waals surface area contributed by atoms with Crippen molar-refractivity contribution in [2.45, 2.75) is 6.04 Å². The van der Waals surface area contributed by atoms with E-state index in [0.717, 1.165) is 6.54 Å². The van der Waals surface area contributed by atoms with Crippen molar-refractivity contribution in [1.29, 1.82) is 0 Å². The molecule has 0 spiro atoms. The molecule has 8 heteroatoms. The van der Waals surface area contributed by atoms with Crippen LogP contribution in [0.3, 0.4) is 0 Å². The molecule has 2 bridgehead atoms. The minimum Gasteiger partial charge on any atom is -0.493 e. The summed E-state index contributed by atoms with van der Waals surface area (Å²) in [4.78, 5) is 25.7. The number of carbonyl (C=O) groups is 2. The Morgan fingerprint density at radius 2 is 1.96 bits per heavy atom. The molecule has 2 fully saturated rings. The lowest BCUT2D eigenvalue weighted by molar-refractivity contribution is -0.122. The molecule has 1 amide bonds. The number of hydrogen-bond acceptors (Lipinski definition) is 6. The van der Waals surface area contributed by atoms with Crippen molar-refractivity contribution >= 4 is 12.4 Å². The van der Waals surface area contributed by atoms with Crippen LogP contribution in [-0.4, -0.2) is 87.4 Å². The maximum absolute atomic E-state index is 13.1. The van der Waals surface area contributed by atoms with Crippen LogP contribution in [0.1, 0.15) is 10.4 Å². The molecule has 144 valence electrons. The predicted molar refractivity (Wildman–Crippen MR) is 94.9 cm³/mol. The summed E-state index contributed by atoms with van der Waals surface area (Å²) in [6, 6.07) is 5.66. The molecule has 26 heavy (non-hydrogen) atoms. The van der Waals surface area contributed by atoms with E-state index in [-0.39, 0.29) is 18.4 Å². The normalized spacial score (nSPS) is 22.5. The highest BCUT2D eigenvalue weighted by Gasteiger charge is 2.34. The standard InChI is InChI=1S/C17H24N2O4.CH2O2/c1-18-7-12-8-19(9-13(18)11-23-10-12)17(20)14-5-4-6-15(21-2)16(14)22-3;2-1-3/h4-6,12-13H,7-11H2,1-3H3;1H,(H,2,3)/t12-,13+;/m1./s1. The van der Waals surface area contributed by atoms with Crippen LogP contribution in [-0.2, 0) is 9.53 Å². The van der Waals surface area contributed by atoms with Crippen LogP contribution in [0.5, 0.6) is 11.5 Å². The summed E-state index contributed by atoms with van der Waals surface area (Å²) < 4.78 is 16.4. The first-order chi connectivity index (χ1) is 12.5. The van der Waals surface area contributed by atoms with E-state index in [0.29, 0.717) is 49.3 Å². The van der Waals surface area contributed by atoms with Crippen LogP contribution in [0.15, 0.2) is 18.2 Å². The first-order valence-corrected chi connectivity index (χ1v) is 8.41. The van der Waals surface area contributed by atoms with Crippen LogP contribution in [0.2, 0.25) is 0 Å². The summed E-state index contributed by atoms with van der Waals surface area (Å²) in [6.07, 6.45) is 0. The minimum atomic E-state index is -0.250. The van der Waals surface area contributed by atoms with E-state index in [1.54, 1.807) is 26.4 Å². The van der Waals surface area contributed by atoms with Crippen molar-refractivity contribution in [3.63, 3.8) is 0 Å². The molecular weight excluding hydrogens is 340 g/mol. The Labute approximate surface area is 153 Å². The quantitative estimate of drug-likeness (QED) is 0.792. The molecule has 2 aliphatic heterocycles. The molecule has 3 rings (SSSR count). The zero-order valence-corrected chi connectivity index (χ0v) is 15.4. The maximum atomic E-state index is 13.1. The number of benzene rings is 1. The minimum absolute atomic E-state index is 0.00653. The monoisotopic (exact) mass is 366 g/mol. The Morgan fingerprint density at radius 3 is 2.62 bits per heavy atom. The summed E-state index contributed by atoms with van der Waals surface area (Å²) in [6.45, 7) is 3.47. The average molecular weight is 366 g/mol. The zero-order valence-electron chi connectivity index (χ0n) is 15.4. The smallest absolute Gasteiger partial charge is 0.290 e. The Morgan fingerprint density at radius 1 is 1.23 bits per heavy atom. The van der Waals surface area contributed by atoms with Gasteiger partial charge < -0.3 is 24.2 Å². The number of nitrogens with zero attached hydrogens (tertiary/aromatic N) is 2. The third-order valence-electron chi connectivity index (χ3n) is 4.66. The van der Waals surface area contributed by atoms with E-state index in [2.05, 4.69) is 11.9 Å². The topological polar surface area (TPSA) is 88.5 Å². The highest BCUT2D eigenvalue weighted by Crippen LogP contribution is 2.32. The van der Waals surface area contributed by atoms with Gasteiger partial charge in [-0.05, 0) is 19.2 Å². The fourth-order valence-electron chi connectivity index (χ4n) is 3.44. The Balaban J connectivity index is 0.000000758. The Hall–Kier alpha value is -2.32. The van der Waals surface area contributed by atoms with Gasteiger partial charge in [0.15, 0.2) is 11.5 Å². The number of carboxylic acid groups (broad SMARTS) is 1. The first kappa shape index (κ1) is 20.0. The second-order valence-corrected chi connectivity index (χ2v) is 6.35. The third kappa shape index (κ3) is 4.44. The van der Waals surface area contributed by atoms with E-state index in [9.17, 15) is 4.79 Å². The number of carbonyl (C=O) groups excluding carboxylic acids is 1. The van der Waals surface area contributed by atoms with Crippen molar-refractivity contribution in [3.05, 3.63) is 23.8 Å². The van der Waals surface area contributed by atoms with E-state index in [1.807, 2.05) is 11.0 Å². The summed E-state index contributed by atoms with van der Waals surface area (Å²) in [7, 11) is 5.24. The molecule has 0 unspecified atom stereocenters. The lowest BCUT2D eigenvalue weighted by Gasteiger charge is -2.30. The van der Waals surface area contributed by atoms with Crippen LogP contribution in [0.4, 0.5) is 0 Å². The molecule has 0 aromatic heterocycles. The average Bonchev–Trinajstić information content (AvgIpc) is 2.89. The number of methoxy groups -OCH3 is 2. The molecule has 2 saturated heterocycles. The summed E-state index contributed by atoms with van der Waals surface area (Å²) in [5, 5.41) is 6.89. The number of hydrogen-bond donors (Lipinski definition) is 1. The molecule has 0 aliphatic carbocycles.